The van der Waals surface area contributed by atoms with Gasteiger partial charge in [-0.25, -0.2) is 5.16 Å². The minimum absolute atomic E-state index is 0. The van der Waals surface area contributed by atoms with Crippen LogP contribution in [0.3, 0.4) is 0 Å². The van der Waals surface area contributed by atoms with Gasteiger partial charge in [0.2, 0.25) is 0 Å². The molecule has 3 rings (SSSR count). The average Bonchev–Trinajstić information content (AvgIpc) is 3.13. The van der Waals surface area contributed by atoms with E-state index in [4.69, 9.17) is 16.1 Å². The van der Waals surface area contributed by atoms with Gasteiger partial charge in [-0.2, -0.15) is 29.4 Å². The molecule has 0 saturated carbocycles. The topological polar surface area (TPSA) is 80.9 Å². The van der Waals surface area contributed by atoms with Crippen molar-refractivity contribution in [2.45, 2.75) is 33.1 Å². The van der Waals surface area contributed by atoms with Crippen LogP contribution in [0, 0.1) is 19.2 Å². The summed E-state index contributed by atoms with van der Waals surface area (Å²) < 4.78 is 4.89. The number of carbonyl (C=O) groups is 1. The van der Waals surface area contributed by atoms with Crippen LogP contribution in [0.4, 0.5) is 5.69 Å². The van der Waals surface area contributed by atoms with Crippen molar-refractivity contribution in [3.8, 4) is 0 Å². The van der Waals surface area contributed by atoms with Gasteiger partial charge in [-0.1, -0.05) is 38.1 Å². The molecule has 0 fully saturated rings. The number of halogens is 1. The van der Waals surface area contributed by atoms with Gasteiger partial charge in [0.15, 0.2) is 5.15 Å². The number of nitrogens with one attached hydrogen (secondary N) is 1. The SMILES string of the molecule is CC(C)(C)c1c[c-]no1.Cc1cc(C(=O)Nc2cc[c-]cc2)c(Cl)nn1.[K+]. The Balaban J connectivity index is 0.000000310. The molecule has 0 aliphatic carbocycles. The number of anilines is 1. The molecule has 8 heteroatoms. The van der Waals surface area contributed by atoms with E-state index >= 15 is 0 Å². The summed E-state index contributed by atoms with van der Waals surface area (Å²) >= 11 is 5.82. The van der Waals surface area contributed by atoms with E-state index in [-0.39, 0.29) is 67.9 Å². The first-order chi connectivity index (χ1) is 12.3. The first-order valence-corrected chi connectivity index (χ1v) is 8.25. The van der Waals surface area contributed by atoms with Crippen LogP contribution in [-0.4, -0.2) is 21.3 Å². The summed E-state index contributed by atoms with van der Waals surface area (Å²) in [5.74, 6) is 0.571. The third kappa shape index (κ3) is 7.81. The van der Waals surface area contributed by atoms with Crippen molar-refractivity contribution >= 4 is 23.2 Å². The molecular formula is C19H19ClKN4O2-. The fraction of sp³-hybridized carbons (Fsp3) is 0.263. The number of aryl methyl sites for hydroxylation is 1. The molecule has 2 heterocycles. The Hall–Kier alpha value is -1.09. The average molecular weight is 410 g/mol. The molecule has 136 valence electrons. The summed E-state index contributed by atoms with van der Waals surface area (Å²) in [5, 5.41) is 13.7. The van der Waals surface area contributed by atoms with Crippen LogP contribution < -0.4 is 56.7 Å². The predicted molar refractivity (Wildman–Crippen MR) is 99.0 cm³/mol. The largest absolute Gasteiger partial charge is 1.00 e. The fourth-order valence-corrected chi connectivity index (χ4v) is 2.02. The summed E-state index contributed by atoms with van der Waals surface area (Å²) in [4.78, 5) is 11.9. The monoisotopic (exact) mass is 409 g/mol. The summed E-state index contributed by atoms with van der Waals surface area (Å²) in [6.45, 7) is 7.96. The molecule has 0 aliphatic heterocycles. The Bertz CT molecular complexity index is 850. The molecule has 1 N–H and O–H groups in total. The van der Waals surface area contributed by atoms with Crippen LogP contribution in [0.1, 0.15) is 42.6 Å². The fourth-order valence-electron chi connectivity index (χ4n) is 1.84. The van der Waals surface area contributed by atoms with E-state index in [0.717, 1.165) is 5.76 Å². The van der Waals surface area contributed by atoms with Gasteiger partial charge < -0.3 is 9.84 Å². The van der Waals surface area contributed by atoms with Gasteiger partial charge in [0.05, 0.1) is 11.3 Å². The maximum Gasteiger partial charge on any atom is 1.00 e. The summed E-state index contributed by atoms with van der Waals surface area (Å²) in [5.41, 5.74) is 1.69. The van der Waals surface area contributed by atoms with Crippen LogP contribution in [0.15, 0.2) is 40.9 Å². The molecule has 2 aromatic heterocycles. The Morgan fingerprint density at radius 2 is 1.89 bits per heavy atom. The van der Waals surface area contributed by atoms with Crippen molar-refractivity contribution in [3.05, 3.63) is 70.8 Å². The van der Waals surface area contributed by atoms with Gasteiger partial charge in [-0.05, 0) is 24.2 Å². The molecule has 1 aromatic carbocycles. The van der Waals surface area contributed by atoms with E-state index in [9.17, 15) is 4.79 Å². The van der Waals surface area contributed by atoms with Gasteiger partial charge in [0, 0.05) is 0 Å². The number of amides is 1. The van der Waals surface area contributed by atoms with E-state index in [2.05, 4.69) is 53.7 Å². The number of carbonyl (C=O) groups excluding carboxylic acids is 1. The van der Waals surface area contributed by atoms with E-state index < -0.39 is 0 Å². The summed E-state index contributed by atoms with van der Waals surface area (Å²) in [6.07, 6.45) is 2.62. The molecular weight excluding hydrogens is 391 g/mol. The van der Waals surface area contributed by atoms with Crippen LogP contribution in [0.2, 0.25) is 5.15 Å². The zero-order valence-electron chi connectivity index (χ0n) is 16.0. The standard InChI is InChI=1S/C12H9ClN3O.C7H10NO.K/c1-8-7-10(11(13)16-15-8)12(17)14-9-5-3-2-4-6-9;1-7(2,3)6-4-5-8-9-6;/h3-7H,1H3,(H,14,17);4H,1-3H3;/q2*-1;+1. The van der Waals surface area contributed by atoms with Crippen molar-refractivity contribution < 1.29 is 60.7 Å². The molecule has 1 amide bonds. The Morgan fingerprint density at radius 1 is 1.22 bits per heavy atom. The van der Waals surface area contributed by atoms with Crippen LogP contribution >= 0.6 is 11.6 Å². The van der Waals surface area contributed by atoms with Gasteiger partial charge in [-0.3, -0.25) is 4.79 Å². The van der Waals surface area contributed by atoms with Crippen molar-refractivity contribution in [3.63, 3.8) is 0 Å². The molecule has 3 aromatic rings. The predicted octanol–water partition coefficient (Wildman–Crippen LogP) is 1.27. The maximum absolute atomic E-state index is 11.9. The van der Waals surface area contributed by atoms with Gasteiger partial charge in [0.1, 0.15) is 0 Å². The second-order valence-corrected chi connectivity index (χ2v) is 6.86. The van der Waals surface area contributed by atoms with E-state index in [0.29, 0.717) is 16.9 Å². The molecule has 0 unspecified atom stereocenters. The minimum atomic E-state index is -0.306. The van der Waals surface area contributed by atoms with E-state index in [1.807, 2.05) is 0 Å². The zero-order valence-corrected chi connectivity index (χ0v) is 19.9. The quantitative estimate of drug-likeness (QED) is 0.509. The van der Waals surface area contributed by atoms with E-state index in [1.54, 1.807) is 43.3 Å². The van der Waals surface area contributed by atoms with Crippen LogP contribution in [0.25, 0.3) is 0 Å². The number of rotatable bonds is 2. The molecule has 0 aliphatic rings. The van der Waals surface area contributed by atoms with Crippen molar-refractivity contribution in [1.82, 2.24) is 15.4 Å². The first kappa shape index (κ1) is 23.9. The maximum atomic E-state index is 11.9. The normalized spacial score (nSPS) is 10.3. The summed E-state index contributed by atoms with van der Waals surface area (Å²) in [6, 6.07) is 13.1. The molecule has 0 bridgehead atoms. The molecule has 27 heavy (non-hydrogen) atoms. The van der Waals surface area contributed by atoms with Crippen LogP contribution in [0.5, 0.6) is 0 Å². The number of aromatic nitrogens is 3. The minimum Gasteiger partial charge on any atom is -0.470 e. The van der Waals surface area contributed by atoms with Crippen molar-refractivity contribution in [2.75, 3.05) is 5.32 Å². The second kappa shape index (κ2) is 11.0. The molecule has 0 saturated heterocycles. The van der Waals surface area contributed by atoms with Gasteiger partial charge in [0.25, 0.3) is 5.91 Å². The third-order valence-corrected chi connectivity index (χ3v) is 3.50. The van der Waals surface area contributed by atoms with Crippen LogP contribution in [-0.2, 0) is 5.41 Å². The zero-order chi connectivity index (χ0) is 19.2. The number of nitrogens with zero attached hydrogens (tertiary/aromatic N) is 3. The molecule has 0 radical (unpaired) electrons. The number of benzene rings is 1. The molecule has 0 spiro atoms. The van der Waals surface area contributed by atoms with Gasteiger partial charge >= 0.3 is 51.4 Å². The number of hydrogen-bond acceptors (Lipinski definition) is 5. The number of hydrogen-bond donors (Lipinski definition) is 1. The van der Waals surface area contributed by atoms with Gasteiger partial charge in [-0.15, -0.1) is 23.4 Å². The second-order valence-electron chi connectivity index (χ2n) is 6.50. The van der Waals surface area contributed by atoms with Crippen molar-refractivity contribution in [2.24, 2.45) is 0 Å². The molecule has 0 atom stereocenters. The smallest absolute Gasteiger partial charge is 0.470 e. The Morgan fingerprint density at radius 3 is 2.41 bits per heavy atom. The van der Waals surface area contributed by atoms with Crippen molar-refractivity contribution in [1.29, 1.82) is 0 Å². The van der Waals surface area contributed by atoms with E-state index in [1.165, 1.54) is 0 Å². The Labute approximate surface area is 206 Å². The Kier molecular flexibility index (Phi) is 9.79. The third-order valence-electron chi connectivity index (χ3n) is 3.22. The summed E-state index contributed by atoms with van der Waals surface area (Å²) in [7, 11) is 0. The first-order valence-electron chi connectivity index (χ1n) is 7.88. The molecule has 6 nitrogen and oxygen atoms in total.